The number of hydrogen-bond acceptors (Lipinski definition) is 3. The Morgan fingerprint density at radius 1 is 1.17 bits per heavy atom. The summed E-state index contributed by atoms with van der Waals surface area (Å²) in [7, 11) is 0. The minimum Gasteiger partial charge on any atom is -0.485 e. The van der Waals surface area contributed by atoms with E-state index < -0.39 is 5.97 Å². The molecule has 0 amide bonds. The molecule has 0 spiro atoms. The van der Waals surface area contributed by atoms with Gasteiger partial charge in [0.15, 0.2) is 0 Å². The summed E-state index contributed by atoms with van der Waals surface area (Å²) < 4.78 is 11.1. The predicted molar refractivity (Wildman–Crippen MR) is 89.3 cm³/mol. The fourth-order valence-corrected chi connectivity index (χ4v) is 2.50. The summed E-state index contributed by atoms with van der Waals surface area (Å²) in [5.41, 5.74) is 3.16. The molecule has 2 aromatic carbocycles. The fourth-order valence-electron chi connectivity index (χ4n) is 2.50. The van der Waals surface area contributed by atoms with Crippen LogP contribution in [0.1, 0.15) is 29.2 Å². The second kappa shape index (κ2) is 6.97. The van der Waals surface area contributed by atoms with Crippen molar-refractivity contribution in [3.8, 4) is 0 Å². The average molecular weight is 306 g/mol. The van der Waals surface area contributed by atoms with E-state index in [9.17, 15) is 4.79 Å². The SMILES string of the molecule is C=CC(=O)OCc1ccc(C2CC=C(c3ccccc3)O2)cc1. The van der Waals surface area contributed by atoms with Crippen molar-refractivity contribution >= 4 is 11.7 Å². The molecule has 1 aliphatic heterocycles. The first-order valence-electron chi connectivity index (χ1n) is 7.56. The van der Waals surface area contributed by atoms with Crippen LogP contribution in [0.15, 0.2) is 73.3 Å². The summed E-state index contributed by atoms with van der Waals surface area (Å²) >= 11 is 0. The molecular weight excluding hydrogens is 288 g/mol. The normalized spacial score (nSPS) is 16.3. The monoisotopic (exact) mass is 306 g/mol. The Bertz CT molecular complexity index is 714. The van der Waals surface area contributed by atoms with Crippen molar-refractivity contribution in [2.75, 3.05) is 0 Å². The third-order valence-electron chi connectivity index (χ3n) is 3.74. The second-order valence-electron chi connectivity index (χ2n) is 5.33. The molecule has 0 saturated heterocycles. The zero-order valence-electron chi connectivity index (χ0n) is 12.8. The van der Waals surface area contributed by atoms with Crippen LogP contribution in [0.2, 0.25) is 0 Å². The molecule has 0 radical (unpaired) electrons. The van der Waals surface area contributed by atoms with E-state index in [1.807, 2.05) is 54.6 Å². The van der Waals surface area contributed by atoms with E-state index in [2.05, 4.69) is 12.7 Å². The lowest BCUT2D eigenvalue weighted by Crippen LogP contribution is -2.01. The first-order chi connectivity index (χ1) is 11.3. The third-order valence-corrected chi connectivity index (χ3v) is 3.74. The van der Waals surface area contributed by atoms with Gasteiger partial charge in [0.25, 0.3) is 0 Å². The number of benzene rings is 2. The number of carbonyl (C=O) groups is 1. The minimum atomic E-state index is -0.412. The molecule has 3 heteroatoms. The van der Waals surface area contributed by atoms with Crippen LogP contribution in [0.3, 0.4) is 0 Å². The molecule has 0 bridgehead atoms. The Morgan fingerprint density at radius 2 is 1.91 bits per heavy atom. The summed E-state index contributed by atoms with van der Waals surface area (Å²) in [4.78, 5) is 11.1. The Hall–Kier alpha value is -2.81. The van der Waals surface area contributed by atoms with Gasteiger partial charge in [0.2, 0.25) is 0 Å². The van der Waals surface area contributed by atoms with Crippen molar-refractivity contribution in [3.05, 3.63) is 90.0 Å². The maximum absolute atomic E-state index is 11.1. The summed E-state index contributed by atoms with van der Waals surface area (Å²) in [6.45, 7) is 3.63. The number of hydrogen-bond donors (Lipinski definition) is 0. The Labute approximate surface area is 135 Å². The number of rotatable bonds is 5. The summed E-state index contributed by atoms with van der Waals surface area (Å²) in [6.07, 6.45) is 4.18. The topological polar surface area (TPSA) is 35.5 Å². The lowest BCUT2D eigenvalue weighted by Gasteiger charge is -2.14. The molecule has 116 valence electrons. The van der Waals surface area contributed by atoms with Gasteiger partial charge in [0.05, 0.1) is 0 Å². The van der Waals surface area contributed by atoms with E-state index in [1.54, 1.807) is 0 Å². The van der Waals surface area contributed by atoms with E-state index >= 15 is 0 Å². The first-order valence-corrected chi connectivity index (χ1v) is 7.56. The fraction of sp³-hybridized carbons (Fsp3) is 0.150. The van der Waals surface area contributed by atoms with Crippen molar-refractivity contribution in [1.29, 1.82) is 0 Å². The summed E-state index contributed by atoms with van der Waals surface area (Å²) in [5.74, 6) is 0.518. The quantitative estimate of drug-likeness (QED) is 0.606. The van der Waals surface area contributed by atoms with E-state index in [0.717, 1.165) is 34.9 Å². The van der Waals surface area contributed by atoms with Crippen molar-refractivity contribution in [3.63, 3.8) is 0 Å². The second-order valence-corrected chi connectivity index (χ2v) is 5.33. The highest BCUT2D eigenvalue weighted by atomic mass is 16.5. The smallest absolute Gasteiger partial charge is 0.330 e. The molecular formula is C20H18O3. The standard InChI is InChI=1S/C20H18O3/c1-2-20(21)22-14-15-8-10-17(11-9-15)19-13-12-18(23-19)16-6-4-3-5-7-16/h2-12,19H,1,13-14H2. The van der Waals surface area contributed by atoms with E-state index in [-0.39, 0.29) is 12.7 Å². The largest absolute Gasteiger partial charge is 0.485 e. The molecule has 1 heterocycles. The highest BCUT2D eigenvalue weighted by Gasteiger charge is 2.20. The van der Waals surface area contributed by atoms with Gasteiger partial charge in [-0.05, 0) is 17.2 Å². The highest BCUT2D eigenvalue weighted by Crippen LogP contribution is 2.35. The van der Waals surface area contributed by atoms with Gasteiger partial charge < -0.3 is 9.47 Å². The highest BCUT2D eigenvalue weighted by molar-refractivity contribution is 5.81. The molecule has 0 N–H and O–H groups in total. The van der Waals surface area contributed by atoms with E-state index in [1.165, 1.54) is 0 Å². The van der Waals surface area contributed by atoms with Gasteiger partial charge in [-0.3, -0.25) is 0 Å². The third kappa shape index (κ3) is 3.69. The van der Waals surface area contributed by atoms with Crippen LogP contribution in [0, 0.1) is 0 Å². The maximum Gasteiger partial charge on any atom is 0.330 e. The molecule has 1 aliphatic rings. The Balaban J connectivity index is 1.61. The number of carbonyl (C=O) groups excluding carboxylic acids is 1. The van der Waals surface area contributed by atoms with Crippen LogP contribution in [-0.2, 0) is 20.9 Å². The first kappa shape index (κ1) is 15.1. The molecule has 0 aliphatic carbocycles. The van der Waals surface area contributed by atoms with E-state index in [4.69, 9.17) is 9.47 Å². The van der Waals surface area contributed by atoms with E-state index in [0.29, 0.717) is 0 Å². The van der Waals surface area contributed by atoms with Crippen LogP contribution in [-0.4, -0.2) is 5.97 Å². The molecule has 0 fully saturated rings. The van der Waals surface area contributed by atoms with Gasteiger partial charge in [-0.1, -0.05) is 61.2 Å². The van der Waals surface area contributed by atoms with Crippen molar-refractivity contribution in [1.82, 2.24) is 0 Å². The van der Waals surface area contributed by atoms with Gasteiger partial charge in [-0.15, -0.1) is 0 Å². The molecule has 1 unspecified atom stereocenters. The Morgan fingerprint density at radius 3 is 2.61 bits per heavy atom. The van der Waals surface area contributed by atoms with Crippen LogP contribution < -0.4 is 0 Å². The van der Waals surface area contributed by atoms with Crippen molar-refractivity contribution in [2.45, 2.75) is 19.1 Å². The van der Waals surface area contributed by atoms with Gasteiger partial charge >= 0.3 is 5.97 Å². The van der Waals surface area contributed by atoms with Crippen molar-refractivity contribution in [2.24, 2.45) is 0 Å². The van der Waals surface area contributed by atoms with Crippen LogP contribution in [0.4, 0.5) is 0 Å². The zero-order valence-corrected chi connectivity index (χ0v) is 12.8. The molecule has 0 aromatic heterocycles. The van der Waals surface area contributed by atoms with Gasteiger partial charge in [0, 0.05) is 18.1 Å². The molecule has 0 saturated carbocycles. The van der Waals surface area contributed by atoms with Gasteiger partial charge in [-0.25, -0.2) is 4.79 Å². The molecule has 23 heavy (non-hydrogen) atoms. The van der Waals surface area contributed by atoms with Crippen molar-refractivity contribution < 1.29 is 14.3 Å². The minimum absolute atomic E-state index is 0.0370. The average Bonchev–Trinajstić information content (AvgIpc) is 3.11. The summed E-state index contributed by atoms with van der Waals surface area (Å²) in [5, 5.41) is 0. The Kier molecular flexibility index (Phi) is 4.57. The lowest BCUT2D eigenvalue weighted by atomic mass is 10.1. The molecule has 1 atom stereocenters. The zero-order chi connectivity index (χ0) is 16.1. The summed E-state index contributed by atoms with van der Waals surface area (Å²) in [6, 6.07) is 18.0. The van der Waals surface area contributed by atoms with Gasteiger partial charge in [0.1, 0.15) is 18.5 Å². The molecule has 2 aromatic rings. The number of ether oxygens (including phenoxy) is 2. The van der Waals surface area contributed by atoms with Crippen LogP contribution in [0.25, 0.3) is 5.76 Å². The molecule has 3 rings (SSSR count). The van der Waals surface area contributed by atoms with Gasteiger partial charge in [-0.2, -0.15) is 0 Å². The lowest BCUT2D eigenvalue weighted by molar-refractivity contribution is -0.138. The maximum atomic E-state index is 11.1. The number of esters is 1. The molecule has 3 nitrogen and oxygen atoms in total. The predicted octanol–water partition coefficient (Wildman–Crippen LogP) is 4.42. The van der Waals surface area contributed by atoms with Crippen LogP contribution >= 0.6 is 0 Å². The van der Waals surface area contributed by atoms with Crippen LogP contribution in [0.5, 0.6) is 0 Å².